The summed E-state index contributed by atoms with van der Waals surface area (Å²) in [5.41, 5.74) is 8.89. The van der Waals surface area contributed by atoms with Crippen molar-refractivity contribution in [3.63, 3.8) is 0 Å². The van der Waals surface area contributed by atoms with Crippen LogP contribution in [-0.4, -0.2) is 4.57 Å². The standard InChI is InChI=1S/C23H17N/c1-2-17-24-21-16-10-9-15-20(21)22(18-11-5-3-6-12-18)23(24)19-13-7-4-8-14-19/h3-17H,1H2. The highest BCUT2D eigenvalue weighted by atomic mass is 15.0. The first-order chi connectivity index (χ1) is 11.9. The van der Waals surface area contributed by atoms with E-state index in [0.29, 0.717) is 0 Å². The van der Waals surface area contributed by atoms with Gasteiger partial charge in [-0.3, -0.25) is 0 Å². The minimum atomic E-state index is 1.16. The maximum absolute atomic E-state index is 3.78. The summed E-state index contributed by atoms with van der Waals surface area (Å²) in [4.78, 5) is 0. The van der Waals surface area contributed by atoms with Gasteiger partial charge in [0.15, 0.2) is 0 Å². The summed E-state index contributed by atoms with van der Waals surface area (Å²) in [5, 5.41) is 1.23. The molecule has 0 spiro atoms. The summed E-state index contributed by atoms with van der Waals surface area (Å²) in [6, 6.07) is 29.5. The first kappa shape index (κ1) is 14.3. The highest BCUT2D eigenvalue weighted by Gasteiger charge is 2.18. The third-order valence-corrected chi connectivity index (χ3v) is 4.24. The molecule has 0 saturated heterocycles. The molecule has 4 aromatic rings. The average molecular weight is 307 g/mol. The molecule has 4 rings (SSSR count). The number of aromatic nitrogens is 1. The number of fused-ring (bicyclic) bond motifs is 1. The molecule has 1 aromatic heterocycles. The van der Waals surface area contributed by atoms with E-state index in [9.17, 15) is 0 Å². The Morgan fingerprint density at radius 2 is 1.29 bits per heavy atom. The van der Waals surface area contributed by atoms with Gasteiger partial charge in [0.05, 0.1) is 17.4 Å². The number of hydrogen-bond acceptors (Lipinski definition) is 0. The highest BCUT2D eigenvalue weighted by molar-refractivity contribution is 6.05. The Morgan fingerprint density at radius 1 is 0.708 bits per heavy atom. The predicted molar refractivity (Wildman–Crippen MR) is 103 cm³/mol. The van der Waals surface area contributed by atoms with Crippen molar-refractivity contribution in [3.05, 3.63) is 97.2 Å². The lowest BCUT2D eigenvalue weighted by Crippen LogP contribution is -1.91. The van der Waals surface area contributed by atoms with Crippen molar-refractivity contribution >= 4 is 17.1 Å². The Labute approximate surface area is 141 Å². The summed E-state index contributed by atoms with van der Waals surface area (Å²) in [7, 11) is 0. The molecule has 0 saturated carbocycles. The Kier molecular flexibility index (Phi) is 3.63. The molecule has 0 atom stereocenters. The smallest absolute Gasteiger partial charge is 0.0619 e. The van der Waals surface area contributed by atoms with Crippen LogP contribution >= 0.6 is 0 Å². The van der Waals surface area contributed by atoms with Gasteiger partial charge in [-0.2, -0.15) is 0 Å². The van der Waals surface area contributed by atoms with Crippen LogP contribution in [0.4, 0.5) is 0 Å². The van der Waals surface area contributed by atoms with Crippen LogP contribution in [0.3, 0.4) is 0 Å². The Hall–Kier alpha value is -3.28. The van der Waals surface area contributed by atoms with Crippen LogP contribution in [0.5, 0.6) is 0 Å². The first-order valence-corrected chi connectivity index (χ1v) is 8.00. The normalized spacial score (nSPS) is 10.5. The lowest BCUT2D eigenvalue weighted by Gasteiger charge is -2.09. The van der Waals surface area contributed by atoms with Crippen LogP contribution in [0, 0.1) is 0 Å². The summed E-state index contributed by atoms with van der Waals surface area (Å²) >= 11 is 0. The van der Waals surface area contributed by atoms with Gasteiger partial charge in [0.1, 0.15) is 0 Å². The fourth-order valence-electron chi connectivity index (χ4n) is 3.27. The minimum absolute atomic E-state index is 1.16. The summed E-state index contributed by atoms with van der Waals surface area (Å²) in [6.07, 6.45) is 1.91. The van der Waals surface area contributed by atoms with Crippen LogP contribution in [0.15, 0.2) is 97.2 Å². The number of benzene rings is 3. The van der Waals surface area contributed by atoms with Gasteiger partial charge in [-0.15, -0.1) is 5.73 Å². The topological polar surface area (TPSA) is 4.93 Å². The molecule has 0 fully saturated rings. The molecule has 0 aliphatic heterocycles. The van der Waals surface area contributed by atoms with Gasteiger partial charge in [0.2, 0.25) is 0 Å². The van der Waals surface area contributed by atoms with Crippen molar-refractivity contribution < 1.29 is 0 Å². The average Bonchev–Trinajstić information content (AvgIpc) is 2.98. The van der Waals surface area contributed by atoms with E-state index in [1.807, 2.05) is 12.3 Å². The second-order valence-electron chi connectivity index (χ2n) is 5.68. The molecule has 0 aliphatic rings. The molecule has 1 nitrogen and oxygen atoms in total. The Balaban J connectivity index is 2.19. The number of rotatable bonds is 3. The van der Waals surface area contributed by atoms with Gasteiger partial charge < -0.3 is 4.57 Å². The Bertz CT molecular complexity index is 1030. The molecule has 1 heterocycles. The van der Waals surface area contributed by atoms with Gasteiger partial charge in [0, 0.05) is 10.9 Å². The van der Waals surface area contributed by atoms with Crippen LogP contribution in [-0.2, 0) is 0 Å². The molecule has 0 unspecified atom stereocenters. The molecule has 0 amide bonds. The second-order valence-corrected chi connectivity index (χ2v) is 5.68. The van der Waals surface area contributed by atoms with E-state index in [4.69, 9.17) is 0 Å². The van der Waals surface area contributed by atoms with E-state index in [1.165, 1.54) is 27.8 Å². The van der Waals surface area contributed by atoms with Crippen molar-refractivity contribution in [2.75, 3.05) is 0 Å². The summed E-state index contributed by atoms with van der Waals surface area (Å²) in [5.74, 6) is 0. The zero-order valence-corrected chi connectivity index (χ0v) is 13.3. The highest BCUT2D eigenvalue weighted by Crippen LogP contribution is 2.40. The predicted octanol–water partition coefficient (Wildman–Crippen LogP) is 6.23. The van der Waals surface area contributed by atoms with Crippen LogP contribution in [0.1, 0.15) is 0 Å². The number of hydrogen-bond donors (Lipinski definition) is 0. The maximum atomic E-state index is 3.78. The maximum Gasteiger partial charge on any atom is 0.0619 e. The Morgan fingerprint density at radius 3 is 1.96 bits per heavy atom. The van der Waals surface area contributed by atoms with Crippen molar-refractivity contribution in [1.82, 2.24) is 4.57 Å². The van der Waals surface area contributed by atoms with E-state index in [1.54, 1.807) is 0 Å². The molecule has 0 radical (unpaired) electrons. The lowest BCUT2D eigenvalue weighted by molar-refractivity contribution is 1.23. The van der Waals surface area contributed by atoms with Crippen LogP contribution < -0.4 is 0 Å². The third-order valence-electron chi connectivity index (χ3n) is 4.24. The second kappa shape index (κ2) is 6.08. The zero-order chi connectivity index (χ0) is 16.4. The van der Waals surface area contributed by atoms with Crippen LogP contribution in [0.25, 0.3) is 39.5 Å². The van der Waals surface area contributed by atoms with E-state index < -0.39 is 0 Å². The summed E-state index contributed by atoms with van der Waals surface area (Å²) < 4.78 is 2.18. The van der Waals surface area contributed by atoms with Crippen molar-refractivity contribution in [2.24, 2.45) is 0 Å². The summed E-state index contributed by atoms with van der Waals surface area (Å²) in [6.45, 7) is 3.78. The van der Waals surface area contributed by atoms with E-state index in [-0.39, 0.29) is 0 Å². The molecule has 3 aromatic carbocycles. The van der Waals surface area contributed by atoms with Crippen LogP contribution in [0.2, 0.25) is 0 Å². The fraction of sp³-hybridized carbons (Fsp3) is 0. The lowest BCUT2D eigenvalue weighted by atomic mass is 9.98. The van der Waals surface area contributed by atoms with Crippen molar-refractivity contribution in [2.45, 2.75) is 0 Å². The van der Waals surface area contributed by atoms with Crippen molar-refractivity contribution in [3.8, 4) is 22.4 Å². The first-order valence-electron chi connectivity index (χ1n) is 8.00. The molecular weight excluding hydrogens is 290 g/mol. The molecular formula is C23H17N. The minimum Gasteiger partial charge on any atom is -0.308 e. The molecule has 114 valence electrons. The van der Waals surface area contributed by atoms with Gasteiger partial charge in [-0.25, -0.2) is 0 Å². The van der Waals surface area contributed by atoms with Gasteiger partial charge in [0.25, 0.3) is 0 Å². The van der Waals surface area contributed by atoms with E-state index in [0.717, 1.165) is 5.52 Å². The van der Waals surface area contributed by atoms with Crippen molar-refractivity contribution in [1.29, 1.82) is 0 Å². The van der Waals surface area contributed by atoms with Gasteiger partial charge >= 0.3 is 0 Å². The SMILES string of the molecule is C=C=Cn1c(-c2ccccc2)c(-c2ccccc2)c2ccccc21. The van der Waals surface area contributed by atoms with E-state index in [2.05, 4.69) is 95.7 Å². The van der Waals surface area contributed by atoms with E-state index >= 15 is 0 Å². The molecule has 0 N–H and O–H groups in total. The zero-order valence-electron chi connectivity index (χ0n) is 13.3. The molecule has 24 heavy (non-hydrogen) atoms. The van der Waals surface area contributed by atoms with Gasteiger partial charge in [-0.05, 0) is 17.2 Å². The fourth-order valence-corrected chi connectivity index (χ4v) is 3.27. The quantitative estimate of drug-likeness (QED) is 0.395. The molecule has 1 heteroatoms. The number of nitrogens with zero attached hydrogens (tertiary/aromatic N) is 1. The third kappa shape index (κ3) is 2.28. The van der Waals surface area contributed by atoms with Gasteiger partial charge in [-0.1, -0.05) is 85.4 Å². The number of para-hydroxylation sites is 1. The molecule has 0 bridgehead atoms. The monoisotopic (exact) mass is 307 g/mol. The molecule has 0 aliphatic carbocycles. The largest absolute Gasteiger partial charge is 0.308 e.